The van der Waals surface area contributed by atoms with Crippen molar-refractivity contribution in [2.45, 2.75) is 17.5 Å². The molecule has 0 atom stereocenters. The fourth-order valence-electron chi connectivity index (χ4n) is 1.32. The molecule has 118 valence electrons. The van der Waals surface area contributed by atoms with Crippen LogP contribution >= 0.6 is 10.7 Å². The van der Waals surface area contributed by atoms with Crippen molar-refractivity contribution in [2.24, 2.45) is 0 Å². The summed E-state index contributed by atoms with van der Waals surface area (Å²) in [5, 5.41) is 1.70. The first-order valence-corrected chi connectivity index (χ1v) is 7.51. The molecule has 11 heteroatoms. The van der Waals surface area contributed by atoms with Crippen LogP contribution < -0.4 is 5.32 Å². The van der Waals surface area contributed by atoms with Gasteiger partial charge in [0, 0.05) is 17.2 Å². The molecule has 1 rings (SSSR count). The van der Waals surface area contributed by atoms with Gasteiger partial charge in [-0.1, -0.05) is 0 Å². The van der Waals surface area contributed by atoms with Gasteiger partial charge in [-0.2, -0.15) is 13.2 Å². The van der Waals surface area contributed by atoms with E-state index in [4.69, 9.17) is 10.7 Å². The van der Waals surface area contributed by atoms with Crippen LogP contribution in [-0.2, 0) is 9.05 Å². The molecule has 0 fully saturated rings. The third kappa shape index (κ3) is 5.12. The molecule has 21 heavy (non-hydrogen) atoms. The number of amides is 1. The fourth-order valence-corrected chi connectivity index (χ4v) is 2.23. The molecule has 0 aromatic heterocycles. The van der Waals surface area contributed by atoms with Crippen LogP contribution in [0.2, 0.25) is 0 Å². The predicted octanol–water partition coefficient (Wildman–Crippen LogP) is 2.57. The van der Waals surface area contributed by atoms with Gasteiger partial charge in [-0.05, 0) is 12.1 Å². The molecule has 0 unspecified atom stereocenters. The topological polar surface area (TPSA) is 63.2 Å². The number of nitrogens with one attached hydrogen (secondary N) is 1. The van der Waals surface area contributed by atoms with Crippen molar-refractivity contribution in [1.29, 1.82) is 0 Å². The van der Waals surface area contributed by atoms with E-state index in [1.807, 2.05) is 0 Å². The molecule has 0 saturated heterocycles. The maximum atomic E-state index is 13.7. The first-order chi connectivity index (χ1) is 9.42. The minimum Gasteiger partial charge on any atom is -0.352 e. The van der Waals surface area contributed by atoms with E-state index in [2.05, 4.69) is 0 Å². The summed E-state index contributed by atoms with van der Waals surface area (Å²) in [7, 11) is 0.203. The molecule has 1 aromatic rings. The highest BCUT2D eigenvalue weighted by atomic mass is 35.7. The molecule has 0 aliphatic heterocycles. The van der Waals surface area contributed by atoms with Crippen LogP contribution in [0.1, 0.15) is 16.8 Å². The Morgan fingerprint density at radius 1 is 1.24 bits per heavy atom. The summed E-state index contributed by atoms with van der Waals surface area (Å²) in [6, 6.07) is 0.605. The Morgan fingerprint density at radius 3 is 2.29 bits per heavy atom. The zero-order chi connectivity index (χ0) is 16.4. The standard InChI is InChI=1S/C10H7ClF5NO3S/c11-21(19,20)7-4-5(12)3-6(8(7)13)9(18)17-2-1-10(14,15)16/h3-4H,1-2H2,(H,17,18). The second kappa shape index (κ2) is 6.14. The normalized spacial score (nSPS) is 12.3. The molecule has 0 heterocycles. The van der Waals surface area contributed by atoms with Crippen LogP contribution in [-0.4, -0.2) is 27.0 Å². The summed E-state index contributed by atoms with van der Waals surface area (Å²) in [6.07, 6.45) is -5.92. The van der Waals surface area contributed by atoms with E-state index < -0.39 is 56.2 Å². The van der Waals surface area contributed by atoms with Crippen LogP contribution in [0, 0.1) is 11.6 Å². The average molecular weight is 352 g/mol. The second-order valence-corrected chi connectivity index (χ2v) is 6.36. The summed E-state index contributed by atoms with van der Waals surface area (Å²) in [6.45, 7) is -0.874. The van der Waals surface area contributed by atoms with E-state index >= 15 is 0 Å². The molecule has 0 saturated carbocycles. The predicted molar refractivity (Wildman–Crippen MR) is 62.4 cm³/mol. The van der Waals surface area contributed by atoms with Crippen LogP contribution in [0.5, 0.6) is 0 Å². The first kappa shape index (κ1) is 17.6. The Morgan fingerprint density at radius 2 is 1.81 bits per heavy atom. The second-order valence-electron chi connectivity index (χ2n) is 3.82. The van der Waals surface area contributed by atoms with E-state index in [-0.39, 0.29) is 6.07 Å². The summed E-state index contributed by atoms with van der Waals surface area (Å²) in [5.41, 5.74) is -1.06. The fraction of sp³-hybridized carbons (Fsp3) is 0.300. The number of rotatable bonds is 4. The van der Waals surface area contributed by atoms with Gasteiger partial charge in [0.15, 0.2) is 5.82 Å². The SMILES string of the molecule is O=C(NCCC(F)(F)F)c1cc(F)cc(S(=O)(=O)Cl)c1F. The summed E-state index contributed by atoms with van der Waals surface area (Å²) < 4.78 is 84.6. The highest BCUT2D eigenvalue weighted by molar-refractivity contribution is 8.13. The molecule has 4 nitrogen and oxygen atoms in total. The number of hydrogen-bond acceptors (Lipinski definition) is 3. The van der Waals surface area contributed by atoms with E-state index in [0.29, 0.717) is 6.07 Å². The van der Waals surface area contributed by atoms with Gasteiger partial charge in [0.25, 0.3) is 15.0 Å². The summed E-state index contributed by atoms with van der Waals surface area (Å²) in [4.78, 5) is 10.2. The van der Waals surface area contributed by atoms with Crippen LogP contribution in [0.4, 0.5) is 22.0 Å². The van der Waals surface area contributed by atoms with Gasteiger partial charge in [0.2, 0.25) is 0 Å². The molecule has 0 spiro atoms. The van der Waals surface area contributed by atoms with Gasteiger partial charge >= 0.3 is 6.18 Å². The Hall–Kier alpha value is -1.42. The van der Waals surface area contributed by atoms with Gasteiger partial charge < -0.3 is 5.32 Å². The summed E-state index contributed by atoms with van der Waals surface area (Å²) >= 11 is 0. The van der Waals surface area contributed by atoms with E-state index in [9.17, 15) is 35.2 Å². The lowest BCUT2D eigenvalue weighted by atomic mass is 10.2. The molecule has 1 N–H and O–H groups in total. The number of alkyl halides is 3. The third-order valence-corrected chi connectivity index (χ3v) is 3.53. The van der Waals surface area contributed by atoms with Crippen molar-refractivity contribution < 1.29 is 35.2 Å². The number of carbonyl (C=O) groups excluding carboxylic acids is 1. The number of hydrogen-bond donors (Lipinski definition) is 1. The molecule has 1 aromatic carbocycles. The van der Waals surface area contributed by atoms with Crippen LogP contribution in [0.25, 0.3) is 0 Å². The molecule has 0 aliphatic carbocycles. The lowest BCUT2D eigenvalue weighted by molar-refractivity contribution is -0.132. The van der Waals surface area contributed by atoms with Crippen LogP contribution in [0.3, 0.4) is 0 Å². The van der Waals surface area contributed by atoms with E-state index in [1.165, 1.54) is 0 Å². The molecular formula is C10H7ClF5NO3S. The minimum atomic E-state index is -4.66. The van der Waals surface area contributed by atoms with Gasteiger partial charge in [0.05, 0.1) is 12.0 Å². The van der Waals surface area contributed by atoms with Crippen molar-refractivity contribution in [3.05, 3.63) is 29.3 Å². The van der Waals surface area contributed by atoms with Crippen molar-refractivity contribution in [3.63, 3.8) is 0 Å². The molecular weight excluding hydrogens is 345 g/mol. The average Bonchev–Trinajstić information content (AvgIpc) is 2.28. The Kier molecular flexibility index (Phi) is 5.16. The number of halogens is 6. The maximum Gasteiger partial charge on any atom is 0.390 e. The molecule has 1 amide bonds. The van der Waals surface area contributed by atoms with Gasteiger partial charge in [0.1, 0.15) is 10.7 Å². The summed E-state index contributed by atoms with van der Waals surface area (Å²) in [5.74, 6) is -4.31. The molecule has 0 bridgehead atoms. The highest BCUT2D eigenvalue weighted by Gasteiger charge is 2.28. The van der Waals surface area contributed by atoms with Crippen molar-refractivity contribution in [1.82, 2.24) is 5.32 Å². The van der Waals surface area contributed by atoms with E-state index in [1.54, 1.807) is 5.32 Å². The van der Waals surface area contributed by atoms with Crippen LogP contribution in [0.15, 0.2) is 17.0 Å². The van der Waals surface area contributed by atoms with Gasteiger partial charge in [-0.25, -0.2) is 17.2 Å². The quantitative estimate of drug-likeness (QED) is 0.670. The lowest BCUT2D eigenvalue weighted by Crippen LogP contribution is -2.29. The van der Waals surface area contributed by atoms with Crippen molar-refractivity contribution >= 4 is 25.6 Å². The molecule has 0 aliphatic rings. The minimum absolute atomic E-state index is 0.254. The van der Waals surface area contributed by atoms with E-state index in [0.717, 1.165) is 0 Å². The molecule has 0 radical (unpaired) electrons. The number of benzene rings is 1. The van der Waals surface area contributed by atoms with Crippen molar-refractivity contribution in [2.75, 3.05) is 6.54 Å². The zero-order valence-corrected chi connectivity index (χ0v) is 11.5. The maximum absolute atomic E-state index is 13.7. The van der Waals surface area contributed by atoms with Crippen molar-refractivity contribution in [3.8, 4) is 0 Å². The zero-order valence-electron chi connectivity index (χ0n) is 9.97. The van der Waals surface area contributed by atoms with Gasteiger partial charge in [-0.15, -0.1) is 0 Å². The Balaban J connectivity index is 3.03. The number of carbonyl (C=O) groups is 1. The Labute approximate surface area is 120 Å². The smallest absolute Gasteiger partial charge is 0.352 e. The first-order valence-electron chi connectivity index (χ1n) is 5.20. The third-order valence-electron chi connectivity index (χ3n) is 2.21. The monoisotopic (exact) mass is 351 g/mol. The largest absolute Gasteiger partial charge is 0.390 e. The lowest BCUT2D eigenvalue weighted by Gasteiger charge is -2.09. The Bertz CT molecular complexity index is 659. The van der Waals surface area contributed by atoms with Gasteiger partial charge in [-0.3, -0.25) is 4.79 Å². The highest BCUT2D eigenvalue weighted by Crippen LogP contribution is 2.23.